The van der Waals surface area contributed by atoms with E-state index >= 15 is 0 Å². The van der Waals surface area contributed by atoms with Crippen molar-refractivity contribution in [3.8, 4) is 22.8 Å². The van der Waals surface area contributed by atoms with Crippen LogP contribution in [0, 0.1) is 0 Å². The Bertz CT molecular complexity index is 1040. The number of aromatic nitrogens is 2. The monoisotopic (exact) mass is 403 g/mol. The molecule has 1 N–H and O–H groups in total. The number of carbonyl (C=O) groups is 1. The summed E-state index contributed by atoms with van der Waals surface area (Å²) in [6.45, 7) is 1.04. The van der Waals surface area contributed by atoms with Gasteiger partial charge in [-0.3, -0.25) is 4.79 Å². The summed E-state index contributed by atoms with van der Waals surface area (Å²) in [5.41, 5.74) is 3.57. The summed E-state index contributed by atoms with van der Waals surface area (Å²) in [6, 6.07) is 13.2. The van der Waals surface area contributed by atoms with Gasteiger partial charge in [0.15, 0.2) is 0 Å². The average molecular weight is 403 g/mol. The van der Waals surface area contributed by atoms with Crippen LogP contribution in [0.4, 0.5) is 5.69 Å². The first kappa shape index (κ1) is 19.8. The number of hydrogen-bond donors (Lipinski definition) is 1. The highest BCUT2D eigenvalue weighted by atomic mass is 16.5. The Hall–Kier alpha value is -3.54. The van der Waals surface area contributed by atoms with Gasteiger partial charge in [-0.1, -0.05) is 12.1 Å². The van der Waals surface area contributed by atoms with Gasteiger partial charge < -0.3 is 19.4 Å². The first-order valence-electron chi connectivity index (χ1n) is 10.0. The third kappa shape index (κ3) is 4.38. The molecular weight excluding hydrogens is 378 g/mol. The van der Waals surface area contributed by atoms with Crippen LogP contribution in [-0.2, 0) is 17.8 Å². The lowest BCUT2D eigenvalue weighted by Crippen LogP contribution is -2.08. The van der Waals surface area contributed by atoms with E-state index in [9.17, 15) is 4.79 Å². The van der Waals surface area contributed by atoms with Gasteiger partial charge in [0.1, 0.15) is 17.3 Å². The summed E-state index contributed by atoms with van der Waals surface area (Å²) in [6.07, 6.45) is 8.78. The number of carbonyl (C=O) groups excluding carboxylic acids is 1. The highest BCUT2D eigenvalue weighted by Crippen LogP contribution is 2.26. The average Bonchev–Trinajstić information content (AvgIpc) is 3.22. The lowest BCUT2D eigenvalue weighted by atomic mass is 10.1. The first-order valence-corrected chi connectivity index (χ1v) is 10.0. The maximum atomic E-state index is 12.3. The molecule has 1 aliphatic rings. The Morgan fingerprint density at radius 3 is 2.67 bits per heavy atom. The predicted molar refractivity (Wildman–Crippen MR) is 118 cm³/mol. The normalized spacial score (nSPS) is 13.1. The van der Waals surface area contributed by atoms with Crippen LogP contribution in [0.1, 0.15) is 24.2 Å². The quantitative estimate of drug-likeness (QED) is 0.613. The predicted octanol–water partition coefficient (Wildman–Crippen LogP) is 4.56. The lowest BCUT2D eigenvalue weighted by Gasteiger charge is -2.11. The maximum absolute atomic E-state index is 12.3. The van der Waals surface area contributed by atoms with Gasteiger partial charge >= 0.3 is 0 Å². The second-order valence-electron chi connectivity index (χ2n) is 7.20. The van der Waals surface area contributed by atoms with Gasteiger partial charge in [0, 0.05) is 48.1 Å². The molecule has 0 unspecified atom stereocenters. The number of imidazole rings is 1. The fourth-order valence-corrected chi connectivity index (χ4v) is 3.58. The van der Waals surface area contributed by atoms with Crippen LogP contribution in [0.5, 0.6) is 11.5 Å². The molecule has 2 heterocycles. The molecule has 0 aliphatic carbocycles. The van der Waals surface area contributed by atoms with Crippen molar-refractivity contribution in [3.05, 3.63) is 66.1 Å². The molecule has 6 nitrogen and oxygen atoms in total. The number of nitrogens with zero attached hydrogens (tertiary/aromatic N) is 2. The molecule has 0 fully saturated rings. The number of benzene rings is 2. The Kier molecular flexibility index (Phi) is 5.84. The molecule has 1 amide bonds. The summed E-state index contributed by atoms with van der Waals surface area (Å²) in [5.74, 6) is 2.29. The fourth-order valence-electron chi connectivity index (χ4n) is 3.58. The van der Waals surface area contributed by atoms with E-state index in [2.05, 4.69) is 16.1 Å². The van der Waals surface area contributed by atoms with Crippen molar-refractivity contribution >= 4 is 17.7 Å². The molecule has 0 bridgehead atoms. The summed E-state index contributed by atoms with van der Waals surface area (Å²) < 4.78 is 12.8. The van der Waals surface area contributed by atoms with Crippen LogP contribution in [0.25, 0.3) is 17.3 Å². The molecular formula is C24H25N3O3. The van der Waals surface area contributed by atoms with E-state index in [0.29, 0.717) is 11.5 Å². The van der Waals surface area contributed by atoms with Gasteiger partial charge in [-0.15, -0.1) is 0 Å². The highest BCUT2D eigenvalue weighted by Gasteiger charge is 2.13. The second-order valence-corrected chi connectivity index (χ2v) is 7.20. The van der Waals surface area contributed by atoms with E-state index in [1.54, 1.807) is 26.4 Å². The van der Waals surface area contributed by atoms with Crippen molar-refractivity contribution < 1.29 is 14.3 Å². The molecule has 0 saturated heterocycles. The molecule has 2 aromatic carbocycles. The van der Waals surface area contributed by atoms with Crippen molar-refractivity contribution in [1.29, 1.82) is 0 Å². The SMILES string of the molecule is COc1ccc(/C=C/C(=O)Nc2ccc(-c3cn4c(n3)CCCC4)cc2)c(OC)c1. The van der Waals surface area contributed by atoms with E-state index in [1.807, 2.05) is 36.4 Å². The topological polar surface area (TPSA) is 65.4 Å². The third-order valence-electron chi connectivity index (χ3n) is 5.21. The summed E-state index contributed by atoms with van der Waals surface area (Å²) in [5, 5.41) is 2.88. The Morgan fingerprint density at radius 1 is 1.10 bits per heavy atom. The van der Waals surface area contributed by atoms with E-state index < -0.39 is 0 Å². The standard InChI is InChI=1S/C24H25N3O3/c1-29-20-12-8-18(22(15-20)30-2)9-13-24(28)25-19-10-6-17(7-11-19)21-16-27-14-4-3-5-23(27)26-21/h6-13,15-16H,3-5,14H2,1-2H3,(H,25,28)/b13-9+. The zero-order chi connectivity index (χ0) is 20.9. The largest absolute Gasteiger partial charge is 0.497 e. The number of rotatable bonds is 6. The number of fused-ring (bicyclic) bond motifs is 1. The third-order valence-corrected chi connectivity index (χ3v) is 5.21. The van der Waals surface area contributed by atoms with Crippen molar-refractivity contribution in [2.24, 2.45) is 0 Å². The van der Waals surface area contributed by atoms with Gasteiger partial charge in [-0.05, 0) is 43.2 Å². The molecule has 6 heteroatoms. The highest BCUT2D eigenvalue weighted by molar-refractivity contribution is 6.02. The number of hydrogen-bond acceptors (Lipinski definition) is 4. The summed E-state index contributed by atoms with van der Waals surface area (Å²) in [7, 11) is 3.19. The van der Waals surface area contributed by atoms with Crippen LogP contribution in [0.3, 0.4) is 0 Å². The molecule has 4 rings (SSSR count). The summed E-state index contributed by atoms with van der Waals surface area (Å²) in [4.78, 5) is 17.1. The van der Waals surface area contributed by atoms with E-state index in [4.69, 9.17) is 14.5 Å². The van der Waals surface area contributed by atoms with Gasteiger partial charge in [-0.25, -0.2) is 4.98 Å². The van der Waals surface area contributed by atoms with E-state index in [1.165, 1.54) is 18.9 Å². The number of aryl methyl sites for hydroxylation is 2. The Morgan fingerprint density at radius 2 is 1.93 bits per heavy atom. The van der Waals surface area contributed by atoms with Crippen LogP contribution < -0.4 is 14.8 Å². The minimum atomic E-state index is -0.210. The van der Waals surface area contributed by atoms with Crippen LogP contribution >= 0.6 is 0 Å². The smallest absolute Gasteiger partial charge is 0.248 e. The molecule has 0 atom stereocenters. The van der Waals surface area contributed by atoms with Crippen molar-refractivity contribution in [2.45, 2.75) is 25.8 Å². The molecule has 1 aromatic heterocycles. The first-order chi connectivity index (χ1) is 14.7. The van der Waals surface area contributed by atoms with Gasteiger partial charge in [0.25, 0.3) is 0 Å². The van der Waals surface area contributed by atoms with Crippen molar-refractivity contribution in [1.82, 2.24) is 9.55 Å². The van der Waals surface area contributed by atoms with Crippen molar-refractivity contribution in [3.63, 3.8) is 0 Å². The second kappa shape index (κ2) is 8.86. The number of amides is 1. The van der Waals surface area contributed by atoms with Crippen LogP contribution in [0.2, 0.25) is 0 Å². The number of anilines is 1. The number of ether oxygens (including phenoxy) is 2. The van der Waals surface area contributed by atoms with Gasteiger partial charge in [0.05, 0.1) is 19.9 Å². The summed E-state index contributed by atoms with van der Waals surface area (Å²) >= 11 is 0. The van der Waals surface area contributed by atoms with Gasteiger partial charge in [0.2, 0.25) is 5.91 Å². The maximum Gasteiger partial charge on any atom is 0.248 e. The zero-order valence-corrected chi connectivity index (χ0v) is 17.2. The molecule has 1 aliphatic heterocycles. The van der Waals surface area contributed by atoms with Crippen LogP contribution in [-0.4, -0.2) is 29.7 Å². The molecule has 0 saturated carbocycles. The molecule has 0 spiro atoms. The number of methoxy groups -OCH3 is 2. The van der Waals surface area contributed by atoms with Crippen molar-refractivity contribution in [2.75, 3.05) is 19.5 Å². The number of nitrogens with one attached hydrogen (secondary N) is 1. The van der Waals surface area contributed by atoms with E-state index in [-0.39, 0.29) is 5.91 Å². The van der Waals surface area contributed by atoms with E-state index in [0.717, 1.165) is 41.3 Å². The van der Waals surface area contributed by atoms with Gasteiger partial charge in [-0.2, -0.15) is 0 Å². The van der Waals surface area contributed by atoms with Crippen LogP contribution in [0.15, 0.2) is 54.7 Å². The minimum Gasteiger partial charge on any atom is -0.497 e. The Balaban J connectivity index is 1.41. The minimum absolute atomic E-state index is 0.210. The molecule has 154 valence electrons. The molecule has 3 aromatic rings. The zero-order valence-electron chi connectivity index (χ0n) is 17.2. The Labute approximate surface area is 176 Å². The lowest BCUT2D eigenvalue weighted by molar-refractivity contribution is -0.111. The molecule has 30 heavy (non-hydrogen) atoms. The fraction of sp³-hybridized carbons (Fsp3) is 0.250. The molecule has 0 radical (unpaired) electrons.